The third-order valence-corrected chi connectivity index (χ3v) is 5.78. The zero-order valence-electron chi connectivity index (χ0n) is 13.4. The second kappa shape index (κ2) is 6.43. The molecule has 2 saturated carbocycles. The predicted molar refractivity (Wildman–Crippen MR) is 92.1 cm³/mol. The van der Waals surface area contributed by atoms with Crippen LogP contribution in [0.4, 0.5) is 0 Å². The Morgan fingerprint density at radius 3 is 1.32 bits per heavy atom. The first-order valence-electron chi connectivity index (χ1n) is 9.17. The van der Waals surface area contributed by atoms with E-state index in [1.165, 1.54) is 75.6 Å². The fraction of sp³-hybridized carbons (Fsp3) is 0.778. The summed E-state index contributed by atoms with van der Waals surface area (Å²) in [7, 11) is 0. The molecule has 2 fully saturated rings. The van der Waals surface area contributed by atoms with Crippen molar-refractivity contribution in [1.82, 2.24) is 0 Å². The summed E-state index contributed by atoms with van der Waals surface area (Å²) in [6.07, 6.45) is 15.3. The smallest absolute Gasteiger partial charge is 0.0924 e. The second-order valence-corrected chi connectivity index (χ2v) is 7.30. The fourth-order valence-electron chi connectivity index (χ4n) is 4.38. The molecule has 4 nitrogen and oxygen atoms in total. The molecule has 0 radical (unpaired) electrons. The summed E-state index contributed by atoms with van der Waals surface area (Å²) in [6, 6.07) is 0. The molecule has 0 spiro atoms. The minimum Gasteiger partial charge on any atom is -0.159 e. The zero-order valence-corrected chi connectivity index (χ0v) is 13.4. The SMILES string of the molecule is C1CCC(C2=NN=C(C3=NN=C(C4CCCCC4)C3)C2)CC1. The van der Waals surface area contributed by atoms with Crippen LogP contribution in [0.3, 0.4) is 0 Å². The van der Waals surface area contributed by atoms with Crippen molar-refractivity contribution in [2.45, 2.75) is 77.0 Å². The Labute approximate surface area is 132 Å². The van der Waals surface area contributed by atoms with Crippen molar-refractivity contribution in [3.63, 3.8) is 0 Å². The van der Waals surface area contributed by atoms with Gasteiger partial charge in [-0.3, -0.25) is 0 Å². The van der Waals surface area contributed by atoms with Gasteiger partial charge in [-0.2, -0.15) is 20.4 Å². The molecule has 0 bridgehead atoms. The molecule has 2 aliphatic carbocycles. The molecular weight excluding hydrogens is 272 g/mol. The van der Waals surface area contributed by atoms with E-state index in [0.717, 1.165) is 24.3 Å². The van der Waals surface area contributed by atoms with Gasteiger partial charge in [0, 0.05) is 24.3 Å². The summed E-state index contributed by atoms with van der Waals surface area (Å²) < 4.78 is 0. The maximum Gasteiger partial charge on any atom is 0.0924 e. The van der Waals surface area contributed by atoms with E-state index in [2.05, 4.69) is 20.4 Å². The Kier molecular flexibility index (Phi) is 4.17. The maximum absolute atomic E-state index is 4.50. The van der Waals surface area contributed by atoms with Gasteiger partial charge in [0.2, 0.25) is 0 Å². The molecule has 0 unspecified atom stereocenters. The van der Waals surface area contributed by atoms with Crippen LogP contribution in [0.15, 0.2) is 20.4 Å². The Bertz CT molecular complexity index is 493. The van der Waals surface area contributed by atoms with Gasteiger partial charge < -0.3 is 0 Å². The van der Waals surface area contributed by atoms with Gasteiger partial charge in [0.15, 0.2) is 0 Å². The molecule has 4 heteroatoms. The van der Waals surface area contributed by atoms with Crippen molar-refractivity contribution >= 4 is 22.8 Å². The van der Waals surface area contributed by atoms with E-state index in [1.807, 2.05) is 0 Å². The third-order valence-electron chi connectivity index (χ3n) is 5.78. The summed E-state index contributed by atoms with van der Waals surface area (Å²) in [5.74, 6) is 1.35. The lowest BCUT2D eigenvalue weighted by Crippen LogP contribution is -2.23. The van der Waals surface area contributed by atoms with E-state index in [1.54, 1.807) is 0 Å². The highest BCUT2D eigenvalue weighted by Gasteiger charge is 2.30. The summed E-state index contributed by atoms with van der Waals surface area (Å²) in [5, 5.41) is 17.9. The van der Waals surface area contributed by atoms with Crippen LogP contribution in [0.1, 0.15) is 77.0 Å². The van der Waals surface area contributed by atoms with E-state index in [0.29, 0.717) is 11.8 Å². The molecule has 0 amide bonds. The van der Waals surface area contributed by atoms with E-state index in [-0.39, 0.29) is 0 Å². The summed E-state index contributed by atoms with van der Waals surface area (Å²) in [6.45, 7) is 0. The molecule has 4 rings (SSSR count). The normalized spacial score (nSPS) is 27.5. The van der Waals surface area contributed by atoms with Gasteiger partial charge in [-0.05, 0) is 37.5 Å². The fourth-order valence-corrected chi connectivity index (χ4v) is 4.38. The van der Waals surface area contributed by atoms with Gasteiger partial charge in [-0.25, -0.2) is 0 Å². The van der Waals surface area contributed by atoms with Gasteiger partial charge in [0.1, 0.15) is 0 Å². The van der Waals surface area contributed by atoms with Crippen molar-refractivity contribution < 1.29 is 0 Å². The first-order valence-corrected chi connectivity index (χ1v) is 9.17. The number of hydrogen-bond donors (Lipinski definition) is 0. The lowest BCUT2D eigenvalue weighted by Gasteiger charge is -2.21. The highest BCUT2D eigenvalue weighted by Crippen LogP contribution is 2.30. The van der Waals surface area contributed by atoms with Crippen LogP contribution < -0.4 is 0 Å². The standard InChI is InChI=1S/C18H26N4/c1-3-7-13(8-4-1)15-11-17(21-19-15)18-12-16(20-22-18)14-9-5-2-6-10-14/h13-14H,1-12H2. The van der Waals surface area contributed by atoms with Crippen LogP contribution in [0.5, 0.6) is 0 Å². The van der Waals surface area contributed by atoms with E-state index in [4.69, 9.17) is 0 Å². The molecule has 0 atom stereocenters. The molecule has 0 saturated heterocycles. The number of hydrogen-bond acceptors (Lipinski definition) is 4. The first kappa shape index (κ1) is 14.3. The van der Waals surface area contributed by atoms with Crippen molar-refractivity contribution in [3.8, 4) is 0 Å². The molecule has 0 aromatic heterocycles. The molecule has 4 aliphatic rings. The molecule has 2 aliphatic heterocycles. The van der Waals surface area contributed by atoms with Crippen LogP contribution >= 0.6 is 0 Å². The minimum atomic E-state index is 0.677. The lowest BCUT2D eigenvalue weighted by atomic mass is 9.82. The Morgan fingerprint density at radius 1 is 0.500 bits per heavy atom. The van der Waals surface area contributed by atoms with Crippen molar-refractivity contribution in [1.29, 1.82) is 0 Å². The predicted octanol–water partition coefficient (Wildman–Crippen LogP) is 4.55. The maximum atomic E-state index is 4.50. The van der Waals surface area contributed by atoms with Gasteiger partial charge >= 0.3 is 0 Å². The van der Waals surface area contributed by atoms with E-state index >= 15 is 0 Å². The lowest BCUT2D eigenvalue weighted by molar-refractivity contribution is 0.437. The highest BCUT2D eigenvalue weighted by molar-refractivity contribution is 6.49. The Hall–Kier alpha value is -1.32. The minimum absolute atomic E-state index is 0.677. The Morgan fingerprint density at radius 2 is 0.909 bits per heavy atom. The first-order chi connectivity index (χ1) is 10.9. The second-order valence-electron chi connectivity index (χ2n) is 7.30. The number of nitrogens with zero attached hydrogens (tertiary/aromatic N) is 4. The van der Waals surface area contributed by atoms with Crippen LogP contribution in [-0.2, 0) is 0 Å². The summed E-state index contributed by atoms with van der Waals surface area (Å²) >= 11 is 0. The monoisotopic (exact) mass is 298 g/mol. The Balaban J connectivity index is 1.32. The third kappa shape index (κ3) is 2.92. The molecule has 0 aromatic carbocycles. The quantitative estimate of drug-likeness (QED) is 0.734. The topological polar surface area (TPSA) is 49.4 Å². The van der Waals surface area contributed by atoms with Crippen molar-refractivity contribution in [3.05, 3.63) is 0 Å². The highest BCUT2D eigenvalue weighted by atomic mass is 15.3. The van der Waals surface area contributed by atoms with Crippen LogP contribution in [0, 0.1) is 11.8 Å². The molecule has 118 valence electrons. The van der Waals surface area contributed by atoms with Gasteiger partial charge in [0.05, 0.1) is 11.4 Å². The van der Waals surface area contributed by atoms with Crippen LogP contribution in [0.25, 0.3) is 0 Å². The average Bonchev–Trinajstić information content (AvgIpc) is 3.26. The van der Waals surface area contributed by atoms with Gasteiger partial charge in [0.25, 0.3) is 0 Å². The summed E-state index contributed by atoms with van der Waals surface area (Å²) in [4.78, 5) is 0. The van der Waals surface area contributed by atoms with Crippen LogP contribution in [-0.4, -0.2) is 22.8 Å². The molecular formula is C18H26N4. The van der Waals surface area contributed by atoms with Crippen molar-refractivity contribution in [2.24, 2.45) is 32.2 Å². The van der Waals surface area contributed by atoms with Crippen LogP contribution in [0.2, 0.25) is 0 Å². The van der Waals surface area contributed by atoms with Crippen molar-refractivity contribution in [2.75, 3.05) is 0 Å². The van der Waals surface area contributed by atoms with Gasteiger partial charge in [-0.1, -0.05) is 38.5 Å². The average molecular weight is 298 g/mol. The molecule has 0 N–H and O–H groups in total. The largest absolute Gasteiger partial charge is 0.159 e. The van der Waals surface area contributed by atoms with E-state index in [9.17, 15) is 0 Å². The molecule has 22 heavy (non-hydrogen) atoms. The van der Waals surface area contributed by atoms with Gasteiger partial charge in [-0.15, -0.1) is 0 Å². The van der Waals surface area contributed by atoms with E-state index < -0.39 is 0 Å². The zero-order chi connectivity index (χ0) is 14.8. The summed E-state index contributed by atoms with van der Waals surface area (Å²) in [5.41, 5.74) is 4.80. The molecule has 0 aromatic rings. The number of rotatable bonds is 3. The molecule has 2 heterocycles.